The van der Waals surface area contributed by atoms with Gasteiger partial charge < -0.3 is 10.7 Å². The van der Waals surface area contributed by atoms with Crippen molar-refractivity contribution in [2.75, 3.05) is 0 Å². The van der Waals surface area contributed by atoms with Crippen LogP contribution in [0.15, 0.2) is 23.0 Å². The minimum Gasteiger partial charge on any atom is -0.324 e. The normalized spacial score (nSPS) is 10.7. The van der Waals surface area contributed by atoms with Gasteiger partial charge in [-0.15, -0.1) is 0 Å². The molecule has 0 amide bonds. The zero-order valence-corrected chi connectivity index (χ0v) is 8.01. The monoisotopic (exact) mass is 209 g/mol. The van der Waals surface area contributed by atoms with E-state index in [1.54, 1.807) is 18.2 Å². The number of rotatable bonds is 1. The van der Waals surface area contributed by atoms with Crippen LogP contribution in [0.1, 0.15) is 5.82 Å². The molecule has 5 heteroatoms. The van der Waals surface area contributed by atoms with Gasteiger partial charge in [-0.05, 0) is 18.2 Å². The lowest BCUT2D eigenvalue weighted by Crippen LogP contribution is -2.14. The summed E-state index contributed by atoms with van der Waals surface area (Å²) in [6, 6.07) is 4.98. The first-order valence-electron chi connectivity index (χ1n) is 4.09. The Labute approximate surface area is 84.7 Å². The summed E-state index contributed by atoms with van der Waals surface area (Å²) in [6.07, 6.45) is 0. The highest BCUT2D eigenvalue weighted by molar-refractivity contribution is 6.31. The predicted octanol–water partition coefficient (Wildman–Crippen LogP) is 1.04. The quantitative estimate of drug-likeness (QED) is 0.737. The average Bonchev–Trinajstić information content (AvgIpc) is 2.19. The molecule has 0 atom stereocenters. The van der Waals surface area contributed by atoms with E-state index < -0.39 is 0 Å². The van der Waals surface area contributed by atoms with E-state index in [-0.39, 0.29) is 12.1 Å². The number of nitrogens with one attached hydrogen (secondary N) is 1. The number of nitrogens with zero attached hydrogens (tertiary/aromatic N) is 1. The van der Waals surface area contributed by atoms with Crippen LogP contribution in [-0.4, -0.2) is 9.97 Å². The van der Waals surface area contributed by atoms with Crippen LogP contribution in [0, 0.1) is 0 Å². The average molecular weight is 210 g/mol. The molecule has 1 heterocycles. The Bertz CT molecular complexity index is 535. The molecule has 0 radical (unpaired) electrons. The highest BCUT2D eigenvalue weighted by Crippen LogP contribution is 2.14. The molecule has 0 saturated heterocycles. The van der Waals surface area contributed by atoms with Crippen molar-refractivity contribution in [3.8, 4) is 0 Å². The van der Waals surface area contributed by atoms with Gasteiger partial charge in [0, 0.05) is 5.02 Å². The zero-order valence-electron chi connectivity index (χ0n) is 7.25. The molecule has 0 aliphatic heterocycles. The maximum absolute atomic E-state index is 11.5. The third-order valence-electron chi connectivity index (χ3n) is 1.91. The lowest BCUT2D eigenvalue weighted by Gasteiger charge is -2.00. The fourth-order valence-corrected chi connectivity index (χ4v) is 1.43. The Morgan fingerprint density at radius 3 is 3.00 bits per heavy atom. The van der Waals surface area contributed by atoms with Gasteiger partial charge in [-0.2, -0.15) is 0 Å². The number of aromatic amines is 1. The summed E-state index contributed by atoms with van der Waals surface area (Å²) in [5.41, 5.74) is 5.78. The van der Waals surface area contributed by atoms with Crippen molar-refractivity contribution in [3.05, 3.63) is 39.4 Å². The number of aromatic nitrogens is 2. The number of fused-ring (bicyclic) bond motifs is 1. The third-order valence-corrected chi connectivity index (χ3v) is 2.14. The van der Waals surface area contributed by atoms with Crippen LogP contribution in [0.5, 0.6) is 0 Å². The number of benzene rings is 1. The molecule has 0 saturated carbocycles. The second-order valence-corrected chi connectivity index (χ2v) is 3.31. The van der Waals surface area contributed by atoms with Crippen molar-refractivity contribution in [1.82, 2.24) is 9.97 Å². The van der Waals surface area contributed by atoms with E-state index in [0.717, 1.165) is 0 Å². The second kappa shape index (κ2) is 3.40. The number of hydrogen-bond donors (Lipinski definition) is 2. The van der Waals surface area contributed by atoms with Gasteiger partial charge in [-0.3, -0.25) is 4.79 Å². The fraction of sp³-hybridized carbons (Fsp3) is 0.111. The van der Waals surface area contributed by atoms with Crippen LogP contribution >= 0.6 is 11.6 Å². The summed E-state index contributed by atoms with van der Waals surface area (Å²) in [6.45, 7) is 0.216. The van der Waals surface area contributed by atoms with Crippen LogP contribution in [0.25, 0.3) is 10.9 Å². The molecule has 0 aliphatic carbocycles. The van der Waals surface area contributed by atoms with Crippen molar-refractivity contribution < 1.29 is 0 Å². The zero-order chi connectivity index (χ0) is 10.1. The molecule has 4 nitrogen and oxygen atoms in total. The third kappa shape index (κ3) is 1.49. The van der Waals surface area contributed by atoms with E-state index >= 15 is 0 Å². The van der Waals surface area contributed by atoms with Crippen LogP contribution in [-0.2, 0) is 6.54 Å². The topological polar surface area (TPSA) is 71.8 Å². The van der Waals surface area contributed by atoms with Crippen molar-refractivity contribution >= 4 is 22.5 Å². The maximum atomic E-state index is 11.5. The first kappa shape index (κ1) is 9.18. The smallest absolute Gasteiger partial charge is 0.258 e. The first-order valence-corrected chi connectivity index (χ1v) is 4.47. The minimum atomic E-state index is -0.210. The Morgan fingerprint density at radius 2 is 2.29 bits per heavy atom. The standard InChI is InChI=1S/C9H8ClN3O/c10-5-1-2-7-6(3-5)9(14)13-8(4-11)12-7/h1-3H,4,11H2,(H,12,13,14). The molecule has 3 N–H and O–H groups in total. The second-order valence-electron chi connectivity index (χ2n) is 2.88. The van der Waals surface area contributed by atoms with Gasteiger partial charge in [-0.25, -0.2) is 4.98 Å². The van der Waals surface area contributed by atoms with Crippen molar-refractivity contribution in [2.24, 2.45) is 5.73 Å². The van der Waals surface area contributed by atoms with Gasteiger partial charge in [0.05, 0.1) is 17.4 Å². The molecule has 0 spiro atoms. The molecule has 0 aliphatic rings. The van der Waals surface area contributed by atoms with E-state index in [0.29, 0.717) is 21.7 Å². The maximum Gasteiger partial charge on any atom is 0.258 e. The minimum absolute atomic E-state index is 0.210. The van der Waals surface area contributed by atoms with E-state index in [9.17, 15) is 4.79 Å². The summed E-state index contributed by atoms with van der Waals surface area (Å²) in [5.74, 6) is 0.477. The largest absolute Gasteiger partial charge is 0.324 e. The van der Waals surface area contributed by atoms with Crippen molar-refractivity contribution in [3.63, 3.8) is 0 Å². The first-order chi connectivity index (χ1) is 6.70. The number of halogens is 1. The molecule has 0 unspecified atom stereocenters. The van der Waals surface area contributed by atoms with Crippen molar-refractivity contribution in [1.29, 1.82) is 0 Å². The van der Waals surface area contributed by atoms with Crippen LogP contribution in [0.3, 0.4) is 0 Å². The van der Waals surface area contributed by atoms with Gasteiger partial charge >= 0.3 is 0 Å². The number of hydrogen-bond acceptors (Lipinski definition) is 3. The van der Waals surface area contributed by atoms with Gasteiger partial charge in [0.2, 0.25) is 0 Å². The molecule has 2 aromatic rings. The predicted molar refractivity (Wildman–Crippen MR) is 55.3 cm³/mol. The summed E-state index contributed by atoms with van der Waals surface area (Å²) < 4.78 is 0. The molecule has 2 rings (SSSR count). The van der Waals surface area contributed by atoms with Gasteiger partial charge in [0.1, 0.15) is 5.82 Å². The van der Waals surface area contributed by atoms with Crippen LogP contribution in [0.2, 0.25) is 5.02 Å². The van der Waals surface area contributed by atoms with Gasteiger partial charge in [0.25, 0.3) is 5.56 Å². The summed E-state index contributed by atoms with van der Waals surface area (Å²) in [5, 5.41) is 1.000. The van der Waals surface area contributed by atoms with Crippen molar-refractivity contribution in [2.45, 2.75) is 6.54 Å². The Morgan fingerprint density at radius 1 is 1.50 bits per heavy atom. The van der Waals surface area contributed by atoms with E-state index in [1.807, 2.05) is 0 Å². The molecule has 1 aromatic heterocycles. The fourth-order valence-electron chi connectivity index (χ4n) is 1.26. The Kier molecular flexibility index (Phi) is 2.23. The van der Waals surface area contributed by atoms with Gasteiger partial charge in [0.15, 0.2) is 0 Å². The highest BCUT2D eigenvalue weighted by Gasteiger charge is 2.02. The van der Waals surface area contributed by atoms with E-state index in [1.165, 1.54) is 0 Å². The summed E-state index contributed by atoms with van der Waals surface area (Å²) in [4.78, 5) is 18.2. The SMILES string of the molecule is NCc1nc2ccc(Cl)cc2c(=O)[nH]1. The molecule has 0 bridgehead atoms. The molecule has 0 fully saturated rings. The molecule has 72 valence electrons. The lowest BCUT2D eigenvalue weighted by molar-refractivity contribution is 0.913. The highest BCUT2D eigenvalue weighted by atomic mass is 35.5. The molecular weight excluding hydrogens is 202 g/mol. The molecular formula is C9H8ClN3O. The Balaban J connectivity index is 2.83. The van der Waals surface area contributed by atoms with Crippen LogP contribution < -0.4 is 11.3 Å². The summed E-state index contributed by atoms with van der Waals surface area (Å²) >= 11 is 5.76. The number of nitrogens with two attached hydrogens (primary N) is 1. The van der Waals surface area contributed by atoms with Gasteiger partial charge in [-0.1, -0.05) is 11.6 Å². The lowest BCUT2D eigenvalue weighted by atomic mass is 10.2. The molecule has 1 aromatic carbocycles. The number of H-pyrrole nitrogens is 1. The van der Waals surface area contributed by atoms with E-state index in [2.05, 4.69) is 9.97 Å². The van der Waals surface area contributed by atoms with Crippen LogP contribution in [0.4, 0.5) is 0 Å². The Hall–Kier alpha value is -1.39. The van der Waals surface area contributed by atoms with E-state index in [4.69, 9.17) is 17.3 Å². The molecule has 14 heavy (non-hydrogen) atoms. The summed E-state index contributed by atoms with van der Waals surface area (Å²) in [7, 11) is 0.